The van der Waals surface area contributed by atoms with Gasteiger partial charge in [0.05, 0.1) is 27.9 Å². The fourth-order valence-electron chi connectivity index (χ4n) is 3.43. The fourth-order valence-corrected chi connectivity index (χ4v) is 3.43. The van der Waals surface area contributed by atoms with Crippen LogP contribution in [0.15, 0.2) is 66.7 Å². The first-order valence-corrected chi connectivity index (χ1v) is 11.6. The molecule has 0 amide bonds. The summed E-state index contributed by atoms with van der Waals surface area (Å²) in [6.45, 7) is 2.79. The number of methoxy groups -OCH3 is 3. The third-order valence-electron chi connectivity index (χ3n) is 5.48. The molecule has 0 saturated carbocycles. The Bertz CT molecular complexity index is 1160. The van der Waals surface area contributed by atoms with Crippen LogP contribution in [-0.2, 0) is 0 Å². The number of ketones is 1. The third-order valence-corrected chi connectivity index (χ3v) is 5.48. The van der Waals surface area contributed by atoms with Crippen molar-refractivity contribution in [3.63, 3.8) is 0 Å². The van der Waals surface area contributed by atoms with E-state index in [2.05, 4.69) is 6.92 Å². The SMILES string of the molecule is CCCCOc1ccc(C(=O)/C=C/c2c(/C=C/c3ccc(OC)cc3)cc(OC)cc2OC)cc1. The van der Waals surface area contributed by atoms with Gasteiger partial charge in [0.15, 0.2) is 5.78 Å². The van der Waals surface area contributed by atoms with E-state index in [0.29, 0.717) is 23.7 Å². The van der Waals surface area contributed by atoms with Gasteiger partial charge in [-0.05, 0) is 72.2 Å². The molecule has 0 aliphatic carbocycles. The number of carbonyl (C=O) groups is 1. The summed E-state index contributed by atoms with van der Waals surface area (Å²) in [5.41, 5.74) is 3.25. The second-order valence-electron chi connectivity index (χ2n) is 7.86. The highest BCUT2D eigenvalue weighted by Crippen LogP contribution is 2.31. The van der Waals surface area contributed by atoms with E-state index >= 15 is 0 Å². The summed E-state index contributed by atoms with van der Waals surface area (Å²) in [4.78, 5) is 12.8. The standard InChI is InChI=1S/C30H32O5/c1-5-6-19-35-26-15-11-23(12-16-26)29(31)18-17-28-24(20-27(33-3)21-30(28)34-4)10-7-22-8-13-25(32-2)14-9-22/h7-18,20-21H,5-6,19H2,1-4H3/b10-7+,18-17+. The van der Waals surface area contributed by atoms with E-state index in [1.54, 1.807) is 51.7 Å². The summed E-state index contributed by atoms with van der Waals surface area (Å²) in [6, 6.07) is 18.7. The second kappa shape index (κ2) is 13.0. The molecule has 0 aliphatic heterocycles. The van der Waals surface area contributed by atoms with Gasteiger partial charge in [-0.25, -0.2) is 0 Å². The highest BCUT2D eigenvalue weighted by atomic mass is 16.5. The van der Waals surface area contributed by atoms with E-state index < -0.39 is 0 Å². The normalized spacial score (nSPS) is 11.1. The molecule has 3 rings (SSSR count). The Morgan fingerprint density at radius 3 is 2.09 bits per heavy atom. The zero-order valence-electron chi connectivity index (χ0n) is 20.7. The maximum absolute atomic E-state index is 12.8. The van der Waals surface area contributed by atoms with Crippen LogP contribution >= 0.6 is 0 Å². The minimum Gasteiger partial charge on any atom is -0.497 e. The predicted molar refractivity (Wildman–Crippen MR) is 142 cm³/mol. The van der Waals surface area contributed by atoms with Crippen molar-refractivity contribution >= 4 is 24.0 Å². The molecule has 0 aliphatic rings. The molecule has 0 radical (unpaired) electrons. The van der Waals surface area contributed by atoms with Crippen molar-refractivity contribution < 1.29 is 23.7 Å². The highest BCUT2D eigenvalue weighted by Gasteiger charge is 2.10. The van der Waals surface area contributed by atoms with Crippen molar-refractivity contribution in [1.29, 1.82) is 0 Å². The van der Waals surface area contributed by atoms with Gasteiger partial charge in [-0.2, -0.15) is 0 Å². The van der Waals surface area contributed by atoms with Crippen molar-refractivity contribution in [2.45, 2.75) is 19.8 Å². The number of ether oxygens (including phenoxy) is 4. The molecule has 3 aromatic rings. The summed E-state index contributed by atoms with van der Waals surface area (Å²) >= 11 is 0. The summed E-state index contributed by atoms with van der Waals surface area (Å²) in [7, 11) is 4.85. The van der Waals surface area contributed by atoms with Gasteiger partial charge in [0.1, 0.15) is 23.0 Å². The number of hydrogen-bond donors (Lipinski definition) is 0. The zero-order valence-corrected chi connectivity index (χ0v) is 20.7. The van der Waals surface area contributed by atoms with Gasteiger partial charge in [-0.15, -0.1) is 0 Å². The Hall–Kier alpha value is -3.99. The lowest BCUT2D eigenvalue weighted by atomic mass is 10.0. The number of rotatable bonds is 12. The minimum absolute atomic E-state index is 0.104. The van der Waals surface area contributed by atoms with Crippen LogP contribution in [-0.4, -0.2) is 33.7 Å². The monoisotopic (exact) mass is 472 g/mol. The van der Waals surface area contributed by atoms with E-state index in [9.17, 15) is 4.79 Å². The average Bonchev–Trinajstić information content (AvgIpc) is 2.91. The lowest BCUT2D eigenvalue weighted by Gasteiger charge is -2.11. The molecule has 0 atom stereocenters. The Morgan fingerprint density at radius 1 is 0.771 bits per heavy atom. The molecule has 5 heteroatoms. The summed E-state index contributed by atoms with van der Waals surface area (Å²) < 4.78 is 22.0. The van der Waals surface area contributed by atoms with E-state index in [4.69, 9.17) is 18.9 Å². The molecule has 0 bridgehead atoms. The van der Waals surface area contributed by atoms with Crippen molar-refractivity contribution in [3.8, 4) is 23.0 Å². The molecule has 0 unspecified atom stereocenters. The van der Waals surface area contributed by atoms with Gasteiger partial charge in [0.2, 0.25) is 0 Å². The van der Waals surface area contributed by atoms with Crippen LogP contribution in [0.25, 0.3) is 18.2 Å². The molecule has 0 heterocycles. The minimum atomic E-state index is -0.104. The smallest absolute Gasteiger partial charge is 0.185 e. The maximum Gasteiger partial charge on any atom is 0.185 e. The Labute approximate surface area is 207 Å². The molecular formula is C30H32O5. The van der Waals surface area contributed by atoms with Crippen molar-refractivity contribution in [2.24, 2.45) is 0 Å². The molecule has 0 saturated heterocycles. The number of allylic oxidation sites excluding steroid dienone is 1. The number of carbonyl (C=O) groups excluding carboxylic acids is 1. The first-order valence-electron chi connectivity index (χ1n) is 11.6. The Kier molecular flexibility index (Phi) is 9.55. The predicted octanol–water partition coefficient (Wildman–Crippen LogP) is 6.96. The zero-order chi connectivity index (χ0) is 25.0. The second-order valence-corrected chi connectivity index (χ2v) is 7.86. The number of hydrogen-bond acceptors (Lipinski definition) is 5. The van der Waals surface area contributed by atoms with E-state index in [1.165, 1.54) is 0 Å². The van der Waals surface area contributed by atoms with Gasteiger partial charge in [0, 0.05) is 17.2 Å². The van der Waals surface area contributed by atoms with Crippen LogP contribution in [0.2, 0.25) is 0 Å². The quantitative estimate of drug-likeness (QED) is 0.123. The highest BCUT2D eigenvalue weighted by molar-refractivity contribution is 6.07. The van der Waals surface area contributed by atoms with E-state index in [0.717, 1.165) is 41.0 Å². The van der Waals surface area contributed by atoms with Crippen LogP contribution in [0.1, 0.15) is 46.8 Å². The van der Waals surface area contributed by atoms with Gasteiger partial charge in [-0.3, -0.25) is 4.79 Å². The van der Waals surface area contributed by atoms with Crippen LogP contribution in [0.4, 0.5) is 0 Å². The average molecular weight is 473 g/mol. The molecular weight excluding hydrogens is 440 g/mol. The molecule has 3 aromatic carbocycles. The van der Waals surface area contributed by atoms with E-state index in [1.807, 2.05) is 54.6 Å². The number of unbranched alkanes of at least 4 members (excludes halogenated alkanes) is 1. The lowest BCUT2D eigenvalue weighted by molar-refractivity contribution is 0.104. The maximum atomic E-state index is 12.8. The van der Waals surface area contributed by atoms with Gasteiger partial charge >= 0.3 is 0 Å². The van der Waals surface area contributed by atoms with Crippen LogP contribution in [0.5, 0.6) is 23.0 Å². The first-order chi connectivity index (χ1) is 17.1. The van der Waals surface area contributed by atoms with Crippen molar-refractivity contribution in [2.75, 3.05) is 27.9 Å². The van der Waals surface area contributed by atoms with Gasteiger partial charge in [0.25, 0.3) is 0 Å². The molecule has 5 nitrogen and oxygen atoms in total. The summed E-state index contributed by atoms with van der Waals surface area (Å²) in [5.74, 6) is 2.74. The molecule has 182 valence electrons. The molecule has 0 fully saturated rings. The van der Waals surface area contributed by atoms with Gasteiger partial charge in [-0.1, -0.05) is 37.6 Å². The summed E-state index contributed by atoms with van der Waals surface area (Å²) in [6.07, 6.45) is 9.38. The molecule has 0 aromatic heterocycles. The van der Waals surface area contributed by atoms with Crippen LogP contribution < -0.4 is 18.9 Å². The fraction of sp³-hybridized carbons (Fsp3) is 0.233. The number of benzene rings is 3. The topological polar surface area (TPSA) is 54.0 Å². The molecule has 0 N–H and O–H groups in total. The largest absolute Gasteiger partial charge is 0.497 e. The summed E-state index contributed by atoms with van der Waals surface area (Å²) in [5, 5.41) is 0. The van der Waals surface area contributed by atoms with Crippen LogP contribution in [0, 0.1) is 0 Å². The first kappa shape index (κ1) is 25.6. The van der Waals surface area contributed by atoms with Crippen molar-refractivity contribution in [3.05, 3.63) is 89.0 Å². The lowest BCUT2D eigenvalue weighted by Crippen LogP contribution is -1.98. The van der Waals surface area contributed by atoms with E-state index in [-0.39, 0.29) is 5.78 Å². The Balaban J connectivity index is 1.85. The van der Waals surface area contributed by atoms with Gasteiger partial charge < -0.3 is 18.9 Å². The van der Waals surface area contributed by atoms with Crippen molar-refractivity contribution in [1.82, 2.24) is 0 Å². The van der Waals surface area contributed by atoms with Crippen LogP contribution in [0.3, 0.4) is 0 Å². The molecule has 0 spiro atoms. The third kappa shape index (κ3) is 7.24. The molecule has 35 heavy (non-hydrogen) atoms. The Morgan fingerprint density at radius 2 is 1.46 bits per heavy atom.